The van der Waals surface area contributed by atoms with Crippen molar-refractivity contribution in [2.75, 3.05) is 13.2 Å². The molecular weight excluding hydrogens is 374 g/mol. The van der Waals surface area contributed by atoms with Crippen LogP contribution in [-0.4, -0.2) is 41.3 Å². The van der Waals surface area contributed by atoms with E-state index in [1.165, 1.54) is 31.7 Å². The van der Waals surface area contributed by atoms with Crippen molar-refractivity contribution in [3.05, 3.63) is 32.8 Å². The minimum atomic E-state index is -0.691. The summed E-state index contributed by atoms with van der Waals surface area (Å²) in [4.78, 5) is 33.6. The van der Waals surface area contributed by atoms with E-state index >= 15 is 0 Å². The van der Waals surface area contributed by atoms with E-state index in [2.05, 4.69) is 5.43 Å². The van der Waals surface area contributed by atoms with Gasteiger partial charge in [-0.25, -0.2) is 5.01 Å². The van der Waals surface area contributed by atoms with Gasteiger partial charge in [0.2, 0.25) is 0 Å². The third-order valence-electron chi connectivity index (χ3n) is 5.31. The predicted molar refractivity (Wildman–Crippen MR) is 98.8 cm³/mol. The molecule has 1 heterocycles. The zero-order chi connectivity index (χ0) is 19.4. The number of hydrogen-bond acceptors (Lipinski definition) is 6. The molecule has 1 saturated heterocycles. The van der Waals surface area contributed by atoms with Crippen molar-refractivity contribution >= 4 is 29.5 Å². The number of rotatable bonds is 6. The van der Waals surface area contributed by atoms with Crippen LogP contribution in [0.5, 0.6) is 5.75 Å². The van der Waals surface area contributed by atoms with Crippen LogP contribution in [0.2, 0.25) is 5.02 Å². The summed E-state index contributed by atoms with van der Waals surface area (Å²) in [5, 5.41) is 12.8. The Hall–Kier alpha value is -2.19. The van der Waals surface area contributed by atoms with Crippen molar-refractivity contribution in [3.8, 4) is 5.75 Å². The number of hydrogen-bond donors (Lipinski definition) is 1. The Morgan fingerprint density at radius 1 is 1.33 bits per heavy atom. The number of aldehydes is 1. The first kappa shape index (κ1) is 19.6. The van der Waals surface area contributed by atoms with E-state index in [0.717, 1.165) is 25.5 Å². The standard InChI is InChI=1S/C18H22ClN3O5/c19-18-13(10-23)15(22(25)26)7-8-16(18)27-11-17(24)20-21-9-3-5-12-4-1-2-6-14(12)21/h7-8,10,12,14H,1-6,9,11H2,(H,20,24). The van der Waals surface area contributed by atoms with Crippen LogP contribution < -0.4 is 10.2 Å². The van der Waals surface area contributed by atoms with E-state index in [9.17, 15) is 19.7 Å². The highest BCUT2D eigenvalue weighted by molar-refractivity contribution is 6.34. The van der Waals surface area contributed by atoms with Crippen LogP contribution in [0, 0.1) is 16.0 Å². The molecule has 1 saturated carbocycles. The molecule has 0 spiro atoms. The minimum Gasteiger partial charge on any atom is -0.482 e. The molecule has 0 aromatic heterocycles. The van der Waals surface area contributed by atoms with Crippen LogP contribution in [0.3, 0.4) is 0 Å². The first-order chi connectivity index (χ1) is 13.0. The number of ether oxygens (including phenoxy) is 1. The Bertz CT molecular complexity index is 740. The molecule has 1 aliphatic carbocycles. The van der Waals surface area contributed by atoms with Crippen molar-refractivity contribution in [1.82, 2.24) is 10.4 Å². The lowest BCUT2D eigenvalue weighted by molar-refractivity contribution is -0.385. The fourth-order valence-corrected chi connectivity index (χ4v) is 4.30. The van der Waals surface area contributed by atoms with Gasteiger partial charge in [-0.15, -0.1) is 0 Å². The number of piperidine rings is 1. The average molecular weight is 396 g/mol. The number of nitro benzene ring substituents is 1. The van der Waals surface area contributed by atoms with Gasteiger partial charge in [0.25, 0.3) is 11.6 Å². The summed E-state index contributed by atoms with van der Waals surface area (Å²) < 4.78 is 5.40. The fraction of sp³-hybridized carbons (Fsp3) is 0.556. The molecule has 146 valence electrons. The van der Waals surface area contributed by atoms with Gasteiger partial charge >= 0.3 is 0 Å². The molecule has 1 aliphatic heterocycles. The van der Waals surface area contributed by atoms with Crippen molar-refractivity contribution in [1.29, 1.82) is 0 Å². The third kappa shape index (κ3) is 4.39. The summed E-state index contributed by atoms with van der Waals surface area (Å²) in [7, 11) is 0. The van der Waals surface area contributed by atoms with Crippen LogP contribution in [0.4, 0.5) is 5.69 Å². The predicted octanol–water partition coefficient (Wildman–Crippen LogP) is 3.13. The molecule has 1 amide bonds. The Kier molecular flexibility index (Phi) is 6.28. The monoisotopic (exact) mass is 395 g/mol. The van der Waals surface area contributed by atoms with E-state index in [1.807, 2.05) is 5.01 Å². The first-order valence-electron chi connectivity index (χ1n) is 9.12. The van der Waals surface area contributed by atoms with E-state index in [4.69, 9.17) is 16.3 Å². The summed E-state index contributed by atoms with van der Waals surface area (Å²) in [6.45, 7) is 0.532. The number of nitro groups is 1. The summed E-state index contributed by atoms with van der Waals surface area (Å²) in [6.07, 6.45) is 7.30. The van der Waals surface area contributed by atoms with Gasteiger partial charge in [-0.3, -0.25) is 25.1 Å². The van der Waals surface area contributed by atoms with Crippen molar-refractivity contribution in [3.63, 3.8) is 0 Å². The zero-order valence-corrected chi connectivity index (χ0v) is 15.6. The van der Waals surface area contributed by atoms with Crippen molar-refractivity contribution in [2.24, 2.45) is 5.92 Å². The second-order valence-electron chi connectivity index (χ2n) is 6.96. The molecule has 2 unspecified atom stereocenters. The van der Waals surface area contributed by atoms with Gasteiger partial charge < -0.3 is 4.74 Å². The van der Waals surface area contributed by atoms with Crippen molar-refractivity contribution in [2.45, 2.75) is 44.6 Å². The summed E-state index contributed by atoms with van der Waals surface area (Å²) in [6, 6.07) is 2.81. The molecule has 2 fully saturated rings. The van der Waals surface area contributed by atoms with Gasteiger partial charge in [0.05, 0.1) is 4.92 Å². The number of nitrogens with one attached hydrogen (secondary N) is 1. The number of carbonyl (C=O) groups is 2. The normalized spacial score (nSPS) is 22.6. The number of carbonyl (C=O) groups excluding carboxylic acids is 2. The highest BCUT2D eigenvalue weighted by Crippen LogP contribution is 2.35. The molecular formula is C18H22ClN3O5. The Morgan fingerprint density at radius 2 is 2.07 bits per heavy atom. The maximum atomic E-state index is 12.3. The largest absolute Gasteiger partial charge is 0.482 e. The SMILES string of the molecule is O=Cc1c([N+](=O)[O-])ccc(OCC(=O)NN2CCCC3CCCCC32)c1Cl. The summed E-state index contributed by atoms with van der Waals surface area (Å²) in [5.41, 5.74) is 2.25. The number of fused-ring (bicyclic) bond motifs is 1. The third-order valence-corrected chi connectivity index (χ3v) is 5.70. The lowest BCUT2D eigenvalue weighted by Crippen LogP contribution is -2.55. The van der Waals surface area contributed by atoms with E-state index in [0.29, 0.717) is 18.2 Å². The van der Waals surface area contributed by atoms with Crippen LogP contribution in [-0.2, 0) is 4.79 Å². The summed E-state index contributed by atoms with van der Waals surface area (Å²) in [5.74, 6) is 0.380. The topological polar surface area (TPSA) is 102 Å². The highest BCUT2D eigenvalue weighted by atomic mass is 35.5. The number of amides is 1. The van der Waals surface area contributed by atoms with Gasteiger partial charge in [-0.2, -0.15) is 0 Å². The van der Waals surface area contributed by atoms with Crippen LogP contribution in [0.25, 0.3) is 0 Å². The number of benzene rings is 1. The van der Waals surface area contributed by atoms with E-state index < -0.39 is 10.6 Å². The van der Waals surface area contributed by atoms with Crippen LogP contribution in [0.1, 0.15) is 48.9 Å². The lowest BCUT2D eigenvalue weighted by Gasteiger charge is -2.43. The quantitative estimate of drug-likeness (QED) is 0.451. The molecule has 0 bridgehead atoms. The fourth-order valence-electron chi connectivity index (χ4n) is 4.04. The smallest absolute Gasteiger partial charge is 0.281 e. The highest BCUT2D eigenvalue weighted by Gasteiger charge is 2.34. The molecule has 9 heteroatoms. The number of nitrogens with zero attached hydrogens (tertiary/aromatic N) is 2. The van der Waals surface area contributed by atoms with Gasteiger partial charge in [-0.05, 0) is 37.7 Å². The molecule has 8 nitrogen and oxygen atoms in total. The molecule has 1 aromatic rings. The molecule has 0 radical (unpaired) electrons. The Labute approximate surface area is 161 Å². The second-order valence-corrected chi connectivity index (χ2v) is 7.33. The molecule has 2 atom stereocenters. The molecule has 2 aliphatic rings. The lowest BCUT2D eigenvalue weighted by atomic mass is 9.79. The zero-order valence-electron chi connectivity index (χ0n) is 14.9. The van der Waals surface area contributed by atoms with Gasteiger partial charge in [0.1, 0.15) is 16.3 Å². The maximum absolute atomic E-state index is 12.3. The number of halogens is 1. The maximum Gasteiger partial charge on any atom is 0.281 e. The van der Waals surface area contributed by atoms with E-state index in [-0.39, 0.29) is 28.8 Å². The van der Waals surface area contributed by atoms with E-state index in [1.54, 1.807) is 0 Å². The molecule has 3 rings (SSSR count). The van der Waals surface area contributed by atoms with Gasteiger partial charge in [-0.1, -0.05) is 24.4 Å². The first-order valence-corrected chi connectivity index (χ1v) is 9.50. The second kappa shape index (κ2) is 8.67. The minimum absolute atomic E-state index is 0.0636. The molecule has 27 heavy (non-hydrogen) atoms. The van der Waals surface area contributed by atoms with Crippen LogP contribution in [0.15, 0.2) is 12.1 Å². The van der Waals surface area contributed by atoms with Crippen molar-refractivity contribution < 1.29 is 19.2 Å². The van der Waals surface area contributed by atoms with Gasteiger partial charge in [0.15, 0.2) is 12.9 Å². The Balaban J connectivity index is 1.60. The molecule has 1 N–H and O–H groups in total. The average Bonchev–Trinajstić information content (AvgIpc) is 2.67. The molecule has 1 aromatic carbocycles. The summed E-state index contributed by atoms with van der Waals surface area (Å²) >= 11 is 6.02. The van der Waals surface area contributed by atoms with Crippen LogP contribution >= 0.6 is 11.6 Å². The van der Waals surface area contributed by atoms with Gasteiger partial charge in [0, 0.05) is 18.7 Å². The Morgan fingerprint density at radius 3 is 2.81 bits per heavy atom. The number of hydrazine groups is 1.